The van der Waals surface area contributed by atoms with Gasteiger partial charge < -0.3 is 10.1 Å². The number of benzene rings is 1. The van der Waals surface area contributed by atoms with Gasteiger partial charge in [0.15, 0.2) is 0 Å². The molecule has 0 bridgehead atoms. The van der Waals surface area contributed by atoms with Crippen molar-refractivity contribution in [2.45, 2.75) is 39.5 Å². The van der Waals surface area contributed by atoms with Crippen LogP contribution < -0.4 is 5.32 Å². The van der Waals surface area contributed by atoms with E-state index in [1.807, 2.05) is 19.1 Å². The number of esters is 1. The van der Waals surface area contributed by atoms with Crippen LogP contribution in [0.4, 0.5) is 11.5 Å². The Labute approximate surface area is 156 Å². The van der Waals surface area contributed by atoms with Gasteiger partial charge in [0, 0.05) is 10.6 Å². The average Bonchev–Trinajstić information content (AvgIpc) is 3.00. The molecule has 3 aromatic rings. The second-order valence-electron chi connectivity index (χ2n) is 6.43. The predicted molar refractivity (Wildman–Crippen MR) is 104 cm³/mol. The lowest BCUT2D eigenvalue weighted by Gasteiger charge is -2.13. The van der Waals surface area contributed by atoms with Crippen molar-refractivity contribution in [2.75, 3.05) is 11.9 Å². The number of anilines is 2. The molecule has 0 atom stereocenters. The lowest BCUT2D eigenvalue weighted by atomic mass is 9.97. The number of nitrogens with one attached hydrogen (secondary N) is 1. The van der Waals surface area contributed by atoms with Gasteiger partial charge in [0.2, 0.25) is 0 Å². The Hall–Kier alpha value is -2.47. The molecule has 26 heavy (non-hydrogen) atoms. The number of fused-ring (bicyclic) bond motifs is 3. The topological polar surface area (TPSA) is 64.1 Å². The van der Waals surface area contributed by atoms with Gasteiger partial charge >= 0.3 is 5.97 Å². The van der Waals surface area contributed by atoms with E-state index in [1.54, 1.807) is 30.4 Å². The Morgan fingerprint density at radius 1 is 1.19 bits per heavy atom. The summed E-state index contributed by atoms with van der Waals surface area (Å²) in [5.74, 6) is 1.32. The maximum Gasteiger partial charge on any atom is 0.338 e. The lowest BCUT2D eigenvalue weighted by molar-refractivity contribution is 0.0526. The highest BCUT2D eigenvalue weighted by Crippen LogP contribution is 2.39. The summed E-state index contributed by atoms with van der Waals surface area (Å²) >= 11 is 1.80. The van der Waals surface area contributed by atoms with Crippen molar-refractivity contribution in [1.29, 1.82) is 0 Å². The molecule has 1 aromatic carbocycles. The molecule has 0 saturated heterocycles. The molecule has 2 aromatic heterocycles. The zero-order valence-corrected chi connectivity index (χ0v) is 15.8. The normalized spacial score (nSPS) is 13.5. The van der Waals surface area contributed by atoms with Gasteiger partial charge in [-0.1, -0.05) is 0 Å². The number of nitrogens with zero attached hydrogens (tertiary/aromatic N) is 2. The minimum atomic E-state index is -0.300. The number of hydrogen-bond donors (Lipinski definition) is 1. The van der Waals surface area contributed by atoms with E-state index in [-0.39, 0.29) is 5.97 Å². The number of aromatic nitrogens is 2. The summed E-state index contributed by atoms with van der Waals surface area (Å²) in [5.41, 5.74) is 2.85. The van der Waals surface area contributed by atoms with Gasteiger partial charge in [-0.15, -0.1) is 11.3 Å². The van der Waals surface area contributed by atoms with E-state index in [0.29, 0.717) is 12.2 Å². The SMILES string of the molecule is CCOC(=O)c1ccc(Nc2nc(C)nc3sc4c(c23)CCCC4)cc1. The smallest absolute Gasteiger partial charge is 0.338 e. The summed E-state index contributed by atoms with van der Waals surface area (Å²) in [6, 6.07) is 7.31. The van der Waals surface area contributed by atoms with E-state index < -0.39 is 0 Å². The first-order chi connectivity index (χ1) is 12.7. The number of rotatable bonds is 4. The van der Waals surface area contributed by atoms with E-state index >= 15 is 0 Å². The second kappa shape index (κ2) is 7.03. The Balaban J connectivity index is 1.68. The van der Waals surface area contributed by atoms with E-state index in [2.05, 4.69) is 15.3 Å². The van der Waals surface area contributed by atoms with Crippen LogP contribution in [-0.4, -0.2) is 22.5 Å². The van der Waals surface area contributed by atoms with Gasteiger partial charge in [-0.25, -0.2) is 14.8 Å². The Kier molecular flexibility index (Phi) is 4.59. The monoisotopic (exact) mass is 367 g/mol. The molecule has 2 heterocycles. The zero-order valence-electron chi connectivity index (χ0n) is 15.0. The number of aryl methyl sites for hydroxylation is 3. The molecule has 0 aliphatic heterocycles. The Morgan fingerprint density at radius 2 is 1.96 bits per heavy atom. The van der Waals surface area contributed by atoms with Crippen molar-refractivity contribution in [3.63, 3.8) is 0 Å². The van der Waals surface area contributed by atoms with Crippen LogP contribution in [0.5, 0.6) is 0 Å². The molecule has 1 aliphatic rings. The number of carbonyl (C=O) groups excluding carboxylic acids is 1. The highest BCUT2D eigenvalue weighted by Gasteiger charge is 2.20. The molecule has 0 amide bonds. The molecule has 6 heteroatoms. The van der Waals surface area contributed by atoms with Crippen LogP contribution in [0, 0.1) is 6.92 Å². The van der Waals surface area contributed by atoms with Crippen molar-refractivity contribution in [1.82, 2.24) is 9.97 Å². The molecule has 0 fully saturated rings. The van der Waals surface area contributed by atoms with E-state index in [4.69, 9.17) is 4.74 Å². The van der Waals surface area contributed by atoms with Crippen molar-refractivity contribution in [3.05, 3.63) is 46.1 Å². The first-order valence-electron chi connectivity index (χ1n) is 8.99. The van der Waals surface area contributed by atoms with Crippen molar-refractivity contribution in [2.24, 2.45) is 0 Å². The average molecular weight is 367 g/mol. The molecule has 1 aliphatic carbocycles. The standard InChI is InChI=1S/C20H21N3O2S/c1-3-25-20(24)13-8-10-14(11-9-13)23-18-17-15-6-4-5-7-16(15)26-19(17)22-12(2)21-18/h8-11H,3-7H2,1-2H3,(H,21,22,23). The van der Waals surface area contributed by atoms with Crippen LogP contribution in [-0.2, 0) is 17.6 Å². The molecule has 4 rings (SSSR count). The minimum absolute atomic E-state index is 0.300. The van der Waals surface area contributed by atoms with E-state index in [1.165, 1.54) is 23.3 Å². The first kappa shape index (κ1) is 17.0. The third-order valence-electron chi connectivity index (χ3n) is 4.59. The maximum absolute atomic E-state index is 11.8. The fourth-order valence-corrected chi connectivity index (χ4v) is 4.70. The van der Waals surface area contributed by atoms with Crippen LogP contribution in [0.3, 0.4) is 0 Å². The zero-order chi connectivity index (χ0) is 18.1. The van der Waals surface area contributed by atoms with E-state index in [0.717, 1.165) is 40.4 Å². The van der Waals surface area contributed by atoms with Gasteiger partial charge in [-0.2, -0.15) is 0 Å². The van der Waals surface area contributed by atoms with Crippen LogP contribution >= 0.6 is 11.3 Å². The Morgan fingerprint density at radius 3 is 2.73 bits per heavy atom. The van der Waals surface area contributed by atoms with Crippen molar-refractivity contribution >= 4 is 39.0 Å². The van der Waals surface area contributed by atoms with E-state index in [9.17, 15) is 4.79 Å². The summed E-state index contributed by atoms with van der Waals surface area (Å²) in [6.07, 6.45) is 4.71. The molecule has 0 radical (unpaired) electrons. The number of hydrogen-bond acceptors (Lipinski definition) is 6. The summed E-state index contributed by atoms with van der Waals surface area (Å²) in [6.45, 7) is 4.10. The molecule has 0 spiro atoms. The molecule has 1 N–H and O–H groups in total. The molecule has 0 unspecified atom stereocenters. The van der Waals surface area contributed by atoms with Crippen molar-refractivity contribution < 1.29 is 9.53 Å². The Bertz CT molecular complexity index is 963. The molecular formula is C20H21N3O2S. The first-order valence-corrected chi connectivity index (χ1v) is 9.80. The summed E-state index contributed by atoms with van der Waals surface area (Å²) in [5, 5.41) is 4.58. The molecule has 0 saturated carbocycles. The second-order valence-corrected chi connectivity index (χ2v) is 7.52. The van der Waals surface area contributed by atoms with Crippen LogP contribution in [0.1, 0.15) is 46.4 Å². The molecular weight excluding hydrogens is 346 g/mol. The summed E-state index contributed by atoms with van der Waals surface area (Å²) in [7, 11) is 0. The summed E-state index contributed by atoms with van der Waals surface area (Å²) < 4.78 is 5.03. The largest absolute Gasteiger partial charge is 0.462 e. The fourth-order valence-electron chi connectivity index (χ4n) is 3.40. The predicted octanol–water partition coefficient (Wildman–Crippen LogP) is 4.80. The van der Waals surface area contributed by atoms with Crippen LogP contribution in [0.25, 0.3) is 10.2 Å². The van der Waals surface area contributed by atoms with Gasteiger partial charge in [0.1, 0.15) is 16.5 Å². The van der Waals surface area contributed by atoms with Crippen LogP contribution in [0.2, 0.25) is 0 Å². The summed E-state index contributed by atoms with van der Waals surface area (Å²) in [4.78, 5) is 23.6. The lowest BCUT2D eigenvalue weighted by Crippen LogP contribution is -2.05. The fraction of sp³-hybridized carbons (Fsp3) is 0.350. The van der Waals surface area contributed by atoms with Gasteiger partial charge in [-0.05, 0) is 69.4 Å². The molecule has 134 valence electrons. The van der Waals surface area contributed by atoms with Crippen LogP contribution in [0.15, 0.2) is 24.3 Å². The third-order valence-corrected chi connectivity index (χ3v) is 5.77. The highest BCUT2D eigenvalue weighted by atomic mass is 32.1. The van der Waals surface area contributed by atoms with Gasteiger partial charge in [-0.3, -0.25) is 0 Å². The third kappa shape index (κ3) is 3.17. The molecule has 5 nitrogen and oxygen atoms in total. The van der Waals surface area contributed by atoms with Gasteiger partial charge in [0.25, 0.3) is 0 Å². The number of carbonyl (C=O) groups is 1. The van der Waals surface area contributed by atoms with Crippen molar-refractivity contribution in [3.8, 4) is 0 Å². The number of thiophene rings is 1. The maximum atomic E-state index is 11.8. The van der Waals surface area contributed by atoms with Gasteiger partial charge in [0.05, 0.1) is 17.6 Å². The quantitative estimate of drug-likeness (QED) is 0.671. The minimum Gasteiger partial charge on any atom is -0.462 e. The highest BCUT2D eigenvalue weighted by molar-refractivity contribution is 7.19. The number of ether oxygens (including phenoxy) is 1.